The van der Waals surface area contributed by atoms with Crippen LogP contribution in [0.1, 0.15) is 50.0 Å². The van der Waals surface area contributed by atoms with Gasteiger partial charge in [-0.15, -0.1) is 11.8 Å². The van der Waals surface area contributed by atoms with Crippen molar-refractivity contribution in [3.63, 3.8) is 0 Å². The molecule has 252 valence electrons. The molecule has 3 fully saturated rings. The van der Waals surface area contributed by atoms with E-state index in [9.17, 15) is 29.1 Å². The Morgan fingerprint density at radius 2 is 1.75 bits per heavy atom. The number of aromatic amines is 1. The van der Waals surface area contributed by atoms with Gasteiger partial charge in [0.25, 0.3) is 5.91 Å². The number of carbonyl (C=O) groups is 4. The molecule has 3 amide bonds. The molecule has 3 heterocycles. The molecule has 11 nitrogen and oxygen atoms in total. The molecular weight excluding hydrogens is 655 g/mol. The predicted octanol–water partition coefficient (Wildman–Crippen LogP) is 4.83. The Kier molecular flexibility index (Phi) is 8.61. The normalized spacial score (nSPS) is 27.4. The quantitative estimate of drug-likeness (QED) is 0.240. The van der Waals surface area contributed by atoms with E-state index in [0.29, 0.717) is 30.2 Å². The Morgan fingerprint density at radius 1 is 1.02 bits per heavy atom. The molecule has 2 bridgehead atoms. The van der Waals surface area contributed by atoms with E-state index in [-0.39, 0.29) is 70.5 Å². The number of likely N-dealkylation sites (tertiary alicyclic amines) is 1. The van der Waals surface area contributed by atoms with Gasteiger partial charge in [0.15, 0.2) is 18.1 Å². The van der Waals surface area contributed by atoms with Crippen LogP contribution in [0.5, 0.6) is 11.5 Å². The van der Waals surface area contributed by atoms with Gasteiger partial charge in [-0.05, 0) is 73.3 Å². The van der Waals surface area contributed by atoms with Gasteiger partial charge in [0, 0.05) is 21.7 Å². The summed E-state index contributed by atoms with van der Waals surface area (Å²) in [4.78, 5) is 70.3. The first kappa shape index (κ1) is 32.4. The summed E-state index contributed by atoms with van der Waals surface area (Å²) in [5, 5.41) is 13.6. The van der Waals surface area contributed by atoms with E-state index in [1.165, 1.54) is 0 Å². The highest BCUT2D eigenvalue weighted by molar-refractivity contribution is 8.00. The first-order valence-electron chi connectivity index (χ1n) is 16.3. The van der Waals surface area contributed by atoms with Crippen LogP contribution in [0.4, 0.5) is 5.69 Å². The molecule has 8 atom stereocenters. The molecule has 4 aliphatic rings. The van der Waals surface area contributed by atoms with Crippen molar-refractivity contribution in [2.75, 3.05) is 18.5 Å². The van der Waals surface area contributed by atoms with Gasteiger partial charge in [0.1, 0.15) is 6.04 Å². The summed E-state index contributed by atoms with van der Waals surface area (Å²) in [5.41, 5.74) is 1.54. The minimum Gasteiger partial charge on any atom is -0.490 e. The van der Waals surface area contributed by atoms with Crippen molar-refractivity contribution >= 4 is 52.5 Å². The second-order valence-electron chi connectivity index (χ2n) is 13.3. The van der Waals surface area contributed by atoms with Crippen LogP contribution in [0.2, 0.25) is 0 Å². The zero-order valence-electron chi connectivity index (χ0n) is 26.7. The highest BCUT2D eigenvalue weighted by Crippen LogP contribution is 2.68. The van der Waals surface area contributed by atoms with Crippen LogP contribution in [0.3, 0.4) is 0 Å². The summed E-state index contributed by atoms with van der Waals surface area (Å²) in [6.45, 7) is 5.75. The minimum atomic E-state index is -1.19. The maximum Gasteiger partial charge on any atom is 0.326 e. The number of carboxylic acids is 1. The van der Waals surface area contributed by atoms with E-state index in [1.807, 2.05) is 51.1 Å². The van der Waals surface area contributed by atoms with Crippen molar-refractivity contribution in [1.82, 2.24) is 9.88 Å². The first-order chi connectivity index (χ1) is 23.1. The molecular formula is C35H37N3O8S2. The number of ether oxygens (including phenoxy) is 2. The highest BCUT2D eigenvalue weighted by Gasteiger charge is 2.70. The van der Waals surface area contributed by atoms with Crippen LogP contribution in [-0.4, -0.2) is 63.2 Å². The zero-order valence-corrected chi connectivity index (χ0v) is 28.3. The van der Waals surface area contributed by atoms with Crippen LogP contribution in [0.25, 0.3) is 0 Å². The van der Waals surface area contributed by atoms with Crippen LogP contribution in [-0.2, 0) is 19.2 Å². The second-order valence-corrected chi connectivity index (χ2v) is 15.5. The van der Waals surface area contributed by atoms with E-state index in [4.69, 9.17) is 9.47 Å². The number of hydrogen-bond donors (Lipinski definition) is 3. The number of anilines is 1. The van der Waals surface area contributed by atoms with E-state index in [2.05, 4.69) is 10.3 Å². The predicted molar refractivity (Wildman–Crippen MR) is 179 cm³/mol. The number of fused-ring (bicyclic) bond motifs is 9. The third kappa shape index (κ3) is 5.50. The largest absolute Gasteiger partial charge is 0.490 e. The summed E-state index contributed by atoms with van der Waals surface area (Å²) in [5.74, 6) is -3.14. The fourth-order valence-corrected chi connectivity index (χ4v) is 11.3. The van der Waals surface area contributed by atoms with Crippen molar-refractivity contribution in [2.24, 2.45) is 35.5 Å². The second kappa shape index (κ2) is 12.7. The van der Waals surface area contributed by atoms with Crippen molar-refractivity contribution in [3.8, 4) is 11.5 Å². The molecule has 2 saturated carbocycles. The number of nitrogens with one attached hydrogen (secondary N) is 2. The molecule has 3 N–H and O–H groups in total. The fraction of sp³-hybridized carbons (Fsp3) is 0.457. The van der Waals surface area contributed by atoms with Gasteiger partial charge in [-0.25, -0.2) is 4.79 Å². The topological polar surface area (TPSA) is 155 Å². The molecule has 1 saturated heterocycles. The van der Waals surface area contributed by atoms with Gasteiger partial charge in [0.05, 0.1) is 23.5 Å². The maximum atomic E-state index is 14.0. The number of amides is 3. The van der Waals surface area contributed by atoms with Gasteiger partial charge in [-0.1, -0.05) is 49.4 Å². The lowest BCUT2D eigenvalue weighted by atomic mass is 9.68. The van der Waals surface area contributed by atoms with Gasteiger partial charge in [-0.3, -0.25) is 24.1 Å². The Morgan fingerprint density at radius 3 is 2.44 bits per heavy atom. The number of thioether (sulfide) groups is 1. The molecule has 3 aromatic rings. The summed E-state index contributed by atoms with van der Waals surface area (Å²) in [7, 11) is 0. The maximum absolute atomic E-state index is 14.0. The molecule has 0 radical (unpaired) electrons. The Hall–Kier alpha value is -4.10. The lowest BCUT2D eigenvalue weighted by Gasteiger charge is -2.43. The molecule has 1 aromatic heterocycles. The van der Waals surface area contributed by atoms with E-state index in [0.717, 1.165) is 31.7 Å². The van der Waals surface area contributed by atoms with Gasteiger partial charge >= 0.3 is 10.8 Å². The number of aliphatic carboxylic acids is 1. The number of nitrogens with zero attached hydrogens (tertiary/aromatic N) is 1. The highest BCUT2D eigenvalue weighted by atomic mass is 32.2. The van der Waals surface area contributed by atoms with Crippen LogP contribution in [0.15, 0.2) is 58.4 Å². The molecule has 2 aromatic carbocycles. The monoisotopic (exact) mass is 691 g/mol. The van der Waals surface area contributed by atoms with E-state index in [1.54, 1.807) is 30.0 Å². The number of H-pyrrole nitrogens is 1. The summed E-state index contributed by atoms with van der Waals surface area (Å²) in [6.07, 6.45) is 0.892. The van der Waals surface area contributed by atoms with Crippen molar-refractivity contribution in [3.05, 3.63) is 68.6 Å². The fourth-order valence-electron chi connectivity index (χ4n) is 8.45. The number of benzene rings is 2. The smallest absolute Gasteiger partial charge is 0.326 e. The number of hydrogen-bond acceptors (Lipinski definition) is 9. The SMILES string of the molecule is CCOc1cc([C@H]2c3sc(=O)[nH]c3SC3C4CC(C5C(=O)N(C(CC(C)C)C(=O)O)C(=O)C45)C32)ccc1OCC(=O)Nc1ccccc1. The average molecular weight is 692 g/mol. The van der Waals surface area contributed by atoms with E-state index < -0.39 is 23.8 Å². The Balaban J connectivity index is 1.20. The number of thiazole rings is 1. The molecule has 2 aliphatic heterocycles. The molecule has 7 unspecified atom stereocenters. The summed E-state index contributed by atoms with van der Waals surface area (Å²) >= 11 is 2.73. The molecule has 2 aliphatic carbocycles. The third-order valence-electron chi connectivity index (χ3n) is 10.1. The number of aromatic nitrogens is 1. The van der Waals surface area contributed by atoms with Gasteiger partial charge in [-0.2, -0.15) is 0 Å². The van der Waals surface area contributed by atoms with E-state index >= 15 is 0 Å². The van der Waals surface area contributed by atoms with Crippen LogP contribution >= 0.6 is 23.1 Å². The molecule has 48 heavy (non-hydrogen) atoms. The molecule has 7 rings (SSSR count). The molecule has 13 heteroatoms. The number of carboxylic acid groups (broad SMARTS) is 1. The minimum absolute atomic E-state index is 0.0103. The average Bonchev–Trinajstić information content (AvgIpc) is 3.78. The van der Waals surface area contributed by atoms with Gasteiger partial charge in [0.2, 0.25) is 11.8 Å². The number of para-hydroxylation sites is 1. The first-order valence-corrected chi connectivity index (χ1v) is 18.0. The third-order valence-corrected chi connectivity index (χ3v) is 12.7. The Bertz CT molecular complexity index is 1820. The van der Waals surface area contributed by atoms with Gasteiger partial charge < -0.3 is 24.9 Å². The van der Waals surface area contributed by atoms with Crippen molar-refractivity contribution in [2.45, 2.75) is 55.8 Å². The standard InChI is InChI=1S/C35H37N3O8S2/c1-4-45-23-13-17(10-11-22(23)46-15-24(39)36-18-8-6-5-7-9-18)25-26-19-14-20(29(26)47-31-30(25)48-35(44)37-31)28-27(19)32(40)38(33(28)41)21(34(42)43)12-16(2)3/h5-11,13,16,19-21,25-29H,4,12,14-15H2,1-3H3,(H,36,39)(H,37,44)(H,42,43)/t19?,20?,21?,25-,26?,27?,28?,29?/m1/s1. The Labute approximate surface area is 285 Å². The summed E-state index contributed by atoms with van der Waals surface area (Å²) < 4.78 is 11.9. The summed E-state index contributed by atoms with van der Waals surface area (Å²) in [6, 6.07) is 13.5. The lowest BCUT2D eigenvalue weighted by Crippen LogP contribution is -2.47. The number of rotatable bonds is 11. The lowest BCUT2D eigenvalue weighted by molar-refractivity contribution is -0.156. The van der Waals surface area contributed by atoms with Crippen LogP contribution < -0.4 is 19.7 Å². The zero-order chi connectivity index (χ0) is 33.9. The number of carbonyl (C=O) groups excluding carboxylic acids is 3. The number of imide groups is 1. The molecule has 0 spiro atoms. The van der Waals surface area contributed by atoms with Crippen molar-refractivity contribution in [1.29, 1.82) is 0 Å². The van der Waals surface area contributed by atoms with Crippen LogP contribution in [0, 0.1) is 35.5 Å². The van der Waals surface area contributed by atoms with Crippen molar-refractivity contribution < 1.29 is 33.8 Å².